The maximum Gasteiger partial charge on any atom is 0.308 e. The van der Waals surface area contributed by atoms with Crippen molar-refractivity contribution < 1.29 is 9.53 Å². The molecule has 0 aliphatic heterocycles. The number of esters is 1. The number of H-pyrrole nitrogens is 1. The Hall–Kier alpha value is -2.28. The van der Waals surface area contributed by atoms with Gasteiger partial charge in [-0.25, -0.2) is 0 Å². The number of nitrogens with zero attached hydrogens (tertiary/aromatic N) is 1. The number of ether oxygens (including phenoxy) is 1. The van der Waals surface area contributed by atoms with E-state index in [9.17, 15) is 4.79 Å². The molecule has 102 valence electrons. The molecule has 1 saturated carbocycles. The van der Waals surface area contributed by atoms with Crippen LogP contribution in [0.25, 0.3) is 10.9 Å². The Morgan fingerprint density at radius 3 is 3.05 bits per heavy atom. The van der Waals surface area contributed by atoms with Crippen molar-refractivity contribution in [2.24, 2.45) is 5.92 Å². The van der Waals surface area contributed by atoms with E-state index in [2.05, 4.69) is 11.1 Å². The number of benzene rings is 1. The van der Waals surface area contributed by atoms with Crippen molar-refractivity contribution in [3.8, 4) is 6.07 Å². The fraction of sp³-hybridized carbons (Fsp3) is 0.375. The third-order valence-corrected chi connectivity index (χ3v) is 4.25. The summed E-state index contributed by atoms with van der Waals surface area (Å²) >= 11 is 0. The lowest BCUT2D eigenvalue weighted by Crippen LogP contribution is -2.12. The Morgan fingerprint density at radius 2 is 2.30 bits per heavy atom. The number of aromatic nitrogens is 1. The molecule has 1 aliphatic rings. The topological polar surface area (TPSA) is 65.9 Å². The van der Waals surface area contributed by atoms with Crippen LogP contribution >= 0.6 is 0 Å². The minimum atomic E-state index is -0.106. The van der Waals surface area contributed by atoms with Gasteiger partial charge in [0.15, 0.2) is 0 Å². The molecule has 20 heavy (non-hydrogen) atoms. The molecule has 4 nitrogen and oxygen atoms in total. The van der Waals surface area contributed by atoms with Gasteiger partial charge in [-0.15, -0.1) is 0 Å². The summed E-state index contributed by atoms with van der Waals surface area (Å²) < 4.78 is 4.83. The number of hydrogen-bond donors (Lipinski definition) is 1. The molecule has 0 amide bonds. The Kier molecular flexibility index (Phi) is 3.19. The number of carbonyl (C=O) groups is 1. The van der Waals surface area contributed by atoms with Gasteiger partial charge in [0, 0.05) is 17.1 Å². The molecular weight excluding hydrogens is 252 g/mol. The van der Waals surface area contributed by atoms with Crippen LogP contribution in [0, 0.1) is 17.2 Å². The zero-order chi connectivity index (χ0) is 14.1. The van der Waals surface area contributed by atoms with Crippen LogP contribution < -0.4 is 0 Å². The number of fused-ring (bicyclic) bond motifs is 1. The summed E-state index contributed by atoms with van der Waals surface area (Å²) in [6.45, 7) is 0. The van der Waals surface area contributed by atoms with Crippen LogP contribution in [0.4, 0.5) is 0 Å². The molecule has 0 saturated heterocycles. The van der Waals surface area contributed by atoms with Crippen LogP contribution in [0.5, 0.6) is 0 Å². The first-order valence-electron chi connectivity index (χ1n) is 6.82. The highest BCUT2D eigenvalue weighted by Crippen LogP contribution is 2.41. The fourth-order valence-corrected chi connectivity index (χ4v) is 3.19. The number of aromatic amines is 1. The monoisotopic (exact) mass is 268 g/mol. The van der Waals surface area contributed by atoms with Crippen molar-refractivity contribution in [3.63, 3.8) is 0 Å². The Labute approximate surface area is 117 Å². The van der Waals surface area contributed by atoms with Gasteiger partial charge in [-0.2, -0.15) is 5.26 Å². The molecule has 0 spiro atoms. The zero-order valence-electron chi connectivity index (χ0n) is 11.3. The summed E-state index contributed by atoms with van der Waals surface area (Å²) in [7, 11) is 1.44. The van der Waals surface area contributed by atoms with Crippen LogP contribution in [0.3, 0.4) is 0 Å². The van der Waals surface area contributed by atoms with E-state index >= 15 is 0 Å². The van der Waals surface area contributed by atoms with Crippen molar-refractivity contribution in [1.29, 1.82) is 5.26 Å². The van der Waals surface area contributed by atoms with Gasteiger partial charge < -0.3 is 9.72 Å². The number of nitriles is 1. The van der Waals surface area contributed by atoms with Gasteiger partial charge >= 0.3 is 5.97 Å². The predicted octanol–water partition coefficient (Wildman–Crippen LogP) is 3.10. The lowest BCUT2D eigenvalue weighted by atomic mass is 9.95. The number of methoxy groups -OCH3 is 1. The Morgan fingerprint density at radius 1 is 1.45 bits per heavy atom. The van der Waals surface area contributed by atoms with Crippen LogP contribution in [0.15, 0.2) is 24.4 Å². The summed E-state index contributed by atoms with van der Waals surface area (Å²) in [6.07, 6.45) is 4.71. The van der Waals surface area contributed by atoms with Gasteiger partial charge in [0.05, 0.1) is 24.7 Å². The summed E-state index contributed by atoms with van der Waals surface area (Å²) in [5.74, 6) is 0.265. The van der Waals surface area contributed by atoms with Crippen molar-refractivity contribution >= 4 is 16.9 Å². The van der Waals surface area contributed by atoms with E-state index in [0.717, 1.165) is 30.2 Å². The van der Waals surface area contributed by atoms with E-state index in [1.807, 2.05) is 24.4 Å². The predicted molar refractivity (Wildman–Crippen MR) is 75.1 cm³/mol. The minimum absolute atomic E-state index is 0.00843. The first-order chi connectivity index (χ1) is 9.72. The highest BCUT2D eigenvalue weighted by atomic mass is 16.5. The van der Waals surface area contributed by atoms with E-state index in [4.69, 9.17) is 10.00 Å². The molecule has 2 atom stereocenters. The number of carbonyl (C=O) groups excluding carboxylic acids is 1. The second kappa shape index (κ2) is 5.01. The summed E-state index contributed by atoms with van der Waals surface area (Å²) in [5.41, 5.74) is 2.92. The summed E-state index contributed by atoms with van der Waals surface area (Å²) in [5, 5.41) is 10.1. The van der Waals surface area contributed by atoms with Gasteiger partial charge in [-0.1, -0.05) is 0 Å². The number of nitrogens with one attached hydrogen (secondary N) is 1. The quantitative estimate of drug-likeness (QED) is 0.851. The highest BCUT2D eigenvalue weighted by Gasteiger charge is 2.32. The molecule has 2 unspecified atom stereocenters. The molecular formula is C16H16N2O2. The smallest absolute Gasteiger partial charge is 0.308 e. The van der Waals surface area contributed by atoms with Gasteiger partial charge in [-0.3, -0.25) is 4.79 Å². The Balaban J connectivity index is 1.92. The lowest BCUT2D eigenvalue weighted by molar-refractivity contribution is -0.145. The van der Waals surface area contributed by atoms with Gasteiger partial charge in [0.1, 0.15) is 0 Å². The first kappa shape index (κ1) is 12.7. The molecule has 2 aromatic rings. The van der Waals surface area contributed by atoms with Crippen molar-refractivity contribution in [1.82, 2.24) is 4.98 Å². The van der Waals surface area contributed by atoms with E-state index in [-0.39, 0.29) is 11.9 Å². The molecule has 4 heteroatoms. The molecule has 1 fully saturated rings. The largest absolute Gasteiger partial charge is 0.469 e. The molecule has 1 heterocycles. The van der Waals surface area contributed by atoms with Crippen LogP contribution in [0.2, 0.25) is 0 Å². The molecule has 0 radical (unpaired) electrons. The molecule has 1 aromatic heterocycles. The summed E-state index contributed by atoms with van der Waals surface area (Å²) in [6, 6.07) is 7.85. The molecule has 1 N–H and O–H groups in total. The SMILES string of the molecule is COC(=O)C1CCC(c2c[nH]c3ccc(C#N)cc23)C1. The average molecular weight is 268 g/mol. The van der Waals surface area contributed by atoms with E-state index in [0.29, 0.717) is 11.5 Å². The zero-order valence-corrected chi connectivity index (χ0v) is 11.3. The van der Waals surface area contributed by atoms with Gasteiger partial charge in [0.25, 0.3) is 0 Å². The van der Waals surface area contributed by atoms with Crippen LogP contribution in [-0.4, -0.2) is 18.1 Å². The van der Waals surface area contributed by atoms with E-state index in [1.165, 1.54) is 12.7 Å². The number of hydrogen-bond acceptors (Lipinski definition) is 3. The first-order valence-corrected chi connectivity index (χ1v) is 6.82. The molecule has 3 rings (SSSR count). The van der Waals surface area contributed by atoms with Crippen LogP contribution in [0.1, 0.15) is 36.3 Å². The van der Waals surface area contributed by atoms with Crippen molar-refractivity contribution in [2.45, 2.75) is 25.2 Å². The lowest BCUT2D eigenvalue weighted by Gasteiger charge is -2.09. The van der Waals surface area contributed by atoms with Crippen molar-refractivity contribution in [2.75, 3.05) is 7.11 Å². The van der Waals surface area contributed by atoms with Gasteiger partial charge in [-0.05, 0) is 48.9 Å². The molecule has 1 aromatic carbocycles. The van der Waals surface area contributed by atoms with Crippen molar-refractivity contribution in [3.05, 3.63) is 35.5 Å². The normalized spacial score (nSPS) is 21.8. The fourth-order valence-electron chi connectivity index (χ4n) is 3.19. The second-order valence-corrected chi connectivity index (χ2v) is 5.35. The van der Waals surface area contributed by atoms with Gasteiger partial charge in [0.2, 0.25) is 0 Å². The maximum atomic E-state index is 11.6. The average Bonchev–Trinajstić information content (AvgIpc) is 3.11. The van der Waals surface area contributed by atoms with Crippen LogP contribution in [-0.2, 0) is 9.53 Å². The van der Waals surface area contributed by atoms with E-state index in [1.54, 1.807) is 0 Å². The Bertz CT molecular complexity index is 696. The van der Waals surface area contributed by atoms with E-state index < -0.39 is 0 Å². The maximum absolute atomic E-state index is 11.6. The molecule has 1 aliphatic carbocycles. The standard InChI is InChI=1S/C16H16N2O2/c1-20-16(19)12-4-3-11(7-12)14-9-18-15-5-2-10(8-17)6-13(14)15/h2,5-6,9,11-12,18H,3-4,7H2,1H3. The second-order valence-electron chi connectivity index (χ2n) is 5.35. The third kappa shape index (κ3) is 2.05. The minimum Gasteiger partial charge on any atom is -0.469 e. The highest BCUT2D eigenvalue weighted by molar-refractivity contribution is 5.85. The number of rotatable bonds is 2. The third-order valence-electron chi connectivity index (χ3n) is 4.25. The summed E-state index contributed by atoms with van der Waals surface area (Å²) in [4.78, 5) is 14.9. The molecule has 0 bridgehead atoms.